The smallest absolute Gasteiger partial charge is 0.171 e. The third-order valence-electron chi connectivity index (χ3n) is 4.92. The molecular formula is C23H29N3OS. The molecule has 3 rings (SSSR count). The standard InChI is InChI=1S/C23H29N3OS/c1-3-16-27-22-9-7-8-20(17-22)25-23(28)24-18(2)19-10-12-21(13-11-19)26-14-5-4-6-15-26/h3,7-13,17-18H,1,4-6,14-16H2,2H3,(H2,24,25,28)/t18-/m1/s1. The van der Waals surface area contributed by atoms with Crippen LogP contribution in [0, 0.1) is 0 Å². The molecule has 1 atom stereocenters. The number of benzene rings is 2. The number of piperidine rings is 1. The van der Waals surface area contributed by atoms with Crippen LogP contribution in [0.4, 0.5) is 11.4 Å². The second kappa shape index (κ2) is 10.1. The van der Waals surface area contributed by atoms with E-state index in [1.807, 2.05) is 24.3 Å². The van der Waals surface area contributed by atoms with Crippen molar-refractivity contribution in [2.75, 3.05) is 29.9 Å². The lowest BCUT2D eigenvalue weighted by molar-refractivity contribution is 0.363. The first-order valence-corrected chi connectivity index (χ1v) is 10.3. The second-order valence-electron chi connectivity index (χ2n) is 7.09. The minimum atomic E-state index is 0.121. The molecular weight excluding hydrogens is 366 g/mol. The number of thiocarbonyl (C=S) groups is 1. The largest absolute Gasteiger partial charge is 0.489 e. The number of ether oxygens (including phenoxy) is 1. The van der Waals surface area contributed by atoms with E-state index in [-0.39, 0.29) is 6.04 Å². The quantitative estimate of drug-likeness (QED) is 0.492. The molecule has 1 saturated heterocycles. The Hall–Kier alpha value is -2.53. The monoisotopic (exact) mass is 395 g/mol. The molecule has 2 N–H and O–H groups in total. The molecule has 1 aliphatic rings. The van der Waals surface area contributed by atoms with E-state index >= 15 is 0 Å². The van der Waals surface area contributed by atoms with E-state index in [4.69, 9.17) is 17.0 Å². The Balaban J connectivity index is 1.54. The Labute approximate surface area is 173 Å². The predicted molar refractivity (Wildman–Crippen MR) is 122 cm³/mol. The average molecular weight is 396 g/mol. The fourth-order valence-corrected chi connectivity index (χ4v) is 3.69. The summed E-state index contributed by atoms with van der Waals surface area (Å²) in [7, 11) is 0. The zero-order chi connectivity index (χ0) is 19.8. The number of nitrogens with zero attached hydrogens (tertiary/aromatic N) is 1. The molecule has 4 nitrogen and oxygen atoms in total. The van der Waals surface area contributed by atoms with Gasteiger partial charge in [0.15, 0.2) is 5.11 Å². The third kappa shape index (κ3) is 5.73. The molecule has 148 valence electrons. The van der Waals surface area contributed by atoms with Crippen molar-refractivity contribution in [2.24, 2.45) is 0 Å². The average Bonchev–Trinajstić information content (AvgIpc) is 2.73. The maximum atomic E-state index is 5.56. The van der Waals surface area contributed by atoms with Gasteiger partial charge in [0.05, 0.1) is 6.04 Å². The van der Waals surface area contributed by atoms with E-state index in [0.717, 1.165) is 24.5 Å². The van der Waals surface area contributed by atoms with Gasteiger partial charge in [-0.2, -0.15) is 0 Å². The van der Waals surface area contributed by atoms with Gasteiger partial charge in [-0.1, -0.05) is 30.9 Å². The van der Waals surface area contributed by atoms with Crippen LogP contribution >= 0.6 is 12.2 Å². The van der Waals surface area contributed by atoms with Crippen molar-refractivity contribution in [2.45, 2.75) is 32.2 Å². The summed E-state index contributed by atoms with van der Waals surface area (Å²) in [4.78, 5) is 2.47. The van der Waals surface area contributed by atoms with Crippen LogP contribution < -0.4 is 20.3 Å². The van der Waals surface area contributed by atoms with Gasteiger partial charge in [0.1, 0.15) is 12.4 Å². The highest BCUT2D eigenvalue weighted by molar-refractivity contribution is 7.80. The molecule has 2 aromatic rings. The van der Waals surface area contributed by atoms with Gasteiger partial charge in [0.2, 0.25) is 0 Å². The molecule has 1 heterocycles. The van der Waals surface area contributed by atoms with Crippen molar-refractivity contribution < 1.29 is 4.74 Å². The summed E-state index contributed by atoms with van der Waals surface area (Å²) in [6.07, 6.45) is 5.66. The zero-order valence-corrected chi connectivity index (χ0v) is 17.3. The first-order chi connectivity index (χ1) is 13.7. The fraction of sp³-hybridized carbons (Fsp3) is 0.348. The van der Waals surface area contributed by atoms with E-state index in [2.05, 4.69) is 53.3 Å². The van der Waals surface area contributed by atoms with Crippen LogP contribution in [0.15, 0.2) is 61.2 Å². The summed E-state index contributed by atoms with van der Waals surface area (Å²) >= 11 is 5.48. The Morgan fingerprint density at radius 3 is 2.64 bits per heavy atom. The van der Waals surface area contributed by atoms with Crippen molar-refractivity contribution in [3.05, 3.63) is 66.7 Å². The van der Waals surface area contributed by atoms with E-state index in [1.165, 1.54) is 30.5 Å². The van der Waals surface area contributed by atoms with E-state index in [0.29, 0.717) is 11.7 Å². The molecule has 0 bridgehead atoms. The van der Waals surface area contributed by atoms with Crippen LogP contribution in [-0.2, 0) is 0 Å². The first kappa shape index (κ1) is 20.2. The van der Waals surface area contributed by atoms with Crippen LogP contribution in [0.5, 0.6) is 5.75 Å². The van der Waals surface area contributed by atoms with Gasteiger partial charge >= 0.3 is 0 Å². The minimum absolute atomic E-state index is 0.121. The maximum Gasteiger partial charge on any atom is 0.171 e. The Morgan fingerprint density at radius 1 is 1.18 bits per heavy atom. The van der Waals surface area contributed by atoms with Crippen molar-refractivity contribution in [3.8, 4) is 5.75 Å². The molecule has 28 heavy (non-hydrogen) atoms. The zero-order valence-electron chi connectivity index (χ0n) is 16.5. The molecule has 2 aromatic carbocycles. The van der Waals surface area contributed by atoms with Gasteiger partial charge in [-0.05, 0) is 68.2 Å². The lowest BCUT2D eigenvalue weighted by atomic mass is 10.1. The van der Waals surface area contributed by atoms with Crippen LogP contribution in [0.25, 0.3) is 0 Å². The summed E-state index contributed by atoms with van der Waals surface area (Å²) in [5, 5.41) is 7.18. The molecule has 0 radical (unpaired) electrons. The highest BCUT2D eigenvalue weighted by Gasteiger charge is 2.12. The molecule has 0 spiro atoms. The highest BCUT2D eigenvalue weighted by Crippen LogP contribution is 2.23. The van der Waals surface area contributed by atoms with Gasteiger partial charge in [-0.3, -0.25) is 0 Å². The Kier molecular flexibility index (Phi) is 7.31. The second-order valence-corrected chi connectivity index (χ2v) is 7.50. The third-order valence-corrected chi connectivity index (χ3v) is 5.14. The minimum Gasteiger partial charge on any atom is -0.489 e. The summed E-state index contributed by atoms with van der Waals surface area (Å²) in [5.41, 5.74) is 3.42. The van der Waals surface area contributed by atoms with Crippen molar-refractivity contribution in [1.82, 2.24) is 5.32 Å². The molecule has 0 aromatic heterocycles. The number of hydrogen-bond donors (Lipinski definition) is 2. The fourth-order valence-electron chi connectivity index (χ4n) is 3.39. The number of rotatable bonds is 7. The number of nitrogens with one attached hydrogen (secondary N) is 2. The molecule has 0 amide bonds. The summed E-state index contributed by atoms with van der Waals surface area (Å²) in [5.74, 6) is 0.786. The molecule has 5 heteroatoms. The topological polar surface area (TPSA) is 36.5 Å². The van der Waals surface area contributed by atoms with Crippen molar-refractivity contribution >= 4 is 28.7 Å². The van der Waals surface area contributed by atoms with Crippen molar-refractivity contribution in [1.29, 1.82) is 0 Å². The van der Waals surface area contributed by atoms with E-state index in [1.54, 1.807) is 6.08 Å². The molecule has 1 aliphatic heterocycles. The van der Waals surface area contributed by atoms with Gasteiger partial charge in [-0.15, -0.1) is 0 Å². The van der Waals surface area contributed by atoms with E-state index in [9.17, 15) is 0 Å². The van der Waals surface area contributed by atoms with Crippen LogP contribution in [0.1, 0.15) is 37.8 Å². The summed E-state index contributed by atoms with van der Waals surface area (Å²) < 4.78 is 5.56. The van der Waals surface area contributed by atoms with Gasteiger partial charge in [-0.25, -0.2) is 0 Å². The van der Waals surface area contributed by atoms with Gasteiger partial charge < -0.3 is 20.3 Å². The Bertz CT molecular complexity index is 785. The summed E-state index contributed by atoms with van der Waals surface area (Å²) in [6.45, 7) is 8.59. The summed E-state index contributed by atoms with van der Waals surface area (Å²) in [6, 6.07) is 16.7. The van der Waals surface area contributed by atoms with Crippen LogP contribution in [0.2, 0.25) is 0 Å². The Morgan fingerprint density at radius 2 is 1.93 bits per heavy atom. The van der Waals surface area contributed by atoms with Crippen LogP contribution in [-0.4, -0.2) is 24.8 Å². The van der Waals surface area contributed by atoms with Crippen molar-refractivity contribution in [3.63, 3.8) is 0 Å². The molecule has 1 fully saturated rings. The predicted octanol–water partition coefficient (Wildman–Crippen LogP) is 5.29. The van der Waals surface area contributed by atoms with Crippen LogP contribution in [0.3, 0.4) is 0 Å². The maximum absolute atomic E-state index is 5.56. The molecule has 0 saturated carbocycles. The lowest BCUT2D eigenvalue weighted by Crippen LogP contribution is -2.31. The highest BCUT2D eigenvalue weighted by atomic mass is 32.1. The number of anilines is 2. The first-order valence-electron chi connectivity index (χ1n) is 9.92. The van der Waals surface area contributed by atoms with Gasteiger partial charge in [0, 0.05) is 30.5 Å². The SMILES string of the molecule is C=CCOc1cccc(NC(=S)N[C@H](C)c2ccc(N3CCCCC3)cc2)c1. The molecule has 0 unspecified atom stereocenters. The van der Waals surface area contributed by atoms with E-state index < -0.39 is 0 Å². The van der Waals surface area contributed by atoms with Gasteiger partial charge in [0.25, 0.3) is 0 Å². The molecule has 0 aliphatic carbocycles. The number of hydrogen-bond acceptors (Lipinski definition) is 3. The normalized spacial score (nSPS) is 14.8. The lowest BCUT2D eigenvalue weighted by Gasteiger charge is -2.29.